The molecule has 2 heterocycles. The zero-order valence-corrected chi connectivity index (χ0v) is 18.7. The number of hydrogen-bond donors (Lipinski definition) is 4. The molecule has 1 atom stereocenters. The quantitative estimate of drug-likeness (QED) is 0.475. The Kier molecular flexibility index (Phi) is 7.65. The van der Waals surface area contributed by atoms with E-state index in [0.29, 0.717) is 37.3 Å². The summed E-state index contributed by atoms with van der Waals surface area (Å²) < 4.78 is 38.6. The number of piperidine rings is 1. The maximum absolute atomic E-state index is 13.3. The van der Waals surface area contributed by atoms with E-state index < -0.39 is 23.3 Å². The smallest absolute Gasteiger partial charge is 0.396 e. The lowest BCUT2D eigenvalue weighted by molar-refractivity contribution is -0.137. The van der Waals surface area contributed by atoms with Gasteiger partial charge in [0.05, 0.1) is 11.6 Å². The minimum atomic E-state index is -4.45. The number of aromatic nitrogens is 2. The van der Waals surface area contributed by atoms with Gasteiger partial charge in [-0.25, -0.2) is 9.97 Å². The number of likely N-dealkylation sites (N-methyl/N-ethyl adjacent to an activating group) is 1. The molecule has 1 aliphatic heterocycles. The highest BCUT2D eigenvalue weighted by Crippen LogP contribution is 2.33. The Hall–Kier alpha value is -2.63. The molecule has 5 N–H and O–H groups in total. The van der Waals surface area contributed by atoms with Crippen LogP contribution in [0.1, 0.15) is 36.4 Å². The van der Waals surface area contributed by atoms with Gasteiger partial charge in [-0.2, -0.15) is 13.2 Å². The molecule has 1 fully saturated rings. The van der Waals surface area contributed by atoms with Crippen LogP contribution in [-0.2, 0) is 11.0 Å². The van der Waals surface area contributed by atoms with Gasteiger partial charge in [0.1, 0.15) is 22.7 Å². The Labute approximate surface area is 194 Å². The first-order valence-electron chi connectivity index (χ1n) is 10.4. The van der Waals surface area contributed by atoms with Crippen molar-refractivity contribution in [3.05, 3.63) is 46.7 Å². The van der Waals surface area contributed by atoms with Gasteiger partial charge < -0.3 is 26.4 Å². The van der Waals surface area contributed by atoms with Crippen LogP contribution >= 0.6 is 11.6 Å². The largest absolute Gasteiger partial charge is 0.416 e. The van der Waals surface area contributed by atoms with Crippen LogP contribution < -0.4 is 21.3 Å². The van der Waals surface area contributed by atoms with Gasteiger partial charge in [-0.05, 0) is 44.0 Å². The predicted octanol–water partition coefficient (Wildman–Crippen LogP) is 2.53. The molecule has 3 rings (SSSR count). The lowest BCUT2D eigenvalue weighted by atomic mass is 9.86. The van der Waals surface area contributed by atoms with Crippen molar-refractivity contribution in [1.29, 1.82) is 0 Å². The van der Waals surface area contributed by atoms with Crippen molar-refractivity contribution in [1.82, 2.24) is 20.6 Å². The summed E-state index contributed by atoms with van der Waals surface area (Å²) in [7, 11) is 1.68. The maximum Gasteiger partial charge on any atom is 0.416 e. The Bertz CT molecular complexity index is 965. The van der Waals surface area contributed by atoms with E-state index >= 15 is 0 Å². The van der Waals surface area contributed by atoms with Gasteiger partial charge in [0.25, 0.3) is 0 Å². The number of hydrogen-bond acceptors (Lipinski definition) is 7. The fraction of sp³-hybridized carbons (Fsp3) is 0.476. The second-order valence-corrected chi connectivity index (χ2v) is 8.25. The van der Waals surface area contributed by atoms with Gasteiger partial charge in [0.2, 0.25) is 5.91 Å². The number of anilines is 2. The van der Waals surface area contributed by atoms with Crippen LogP contribution in [0.3, 0.4) is 0 Å². The fourth-order valence-electron chi connectivity index (χ4n) is 3.94. The third-order valence-electron chi connectivity index (χ3n) is 5.99. The first kappa shape index (κ1) is 25.0. The first-order chi connectivity index (χ1) is 15.6. The number of amides is 1. The number of carbonyl (C=O) groups is 1. The molecule has 0 unspecified atom stereocenters. The van der Waals surface area contributed by atoms with Gasteiger partial charge in [-0.1, -0.05) is 23.7 Å². The summed E-state index contributed by atoms with van der Waals surface area (Å²) in [4.78, 5) is 23.2. The molecule has 180 valence electrons. The summed E-state index contributed by atoms with van der Waals surface area (Å²) in [6, 6.07) is 3.94. The van der Waals surface area contributed by atoms with E-state index in [1.807, 2.05) is 4.90 Å². The molecule has 1 aromatic carbocycles. The zero-order valence-electron chi connectivity index (χ0n) is 18.0. The molecular weight excluding hydrogens is 461 g/mol. The van der Waals surface area contributed by atoms with Crippen molar-refractivity contribution in [2.24, 2.45) is 0 Å². The van der Waals surface area contributed by atoms with Gasteiger partial charge in [-0.3, -0.25) is 4.79 Å². The van der Waals surface area contributed by atoms with E-state index in [4.69, 9.17) is 17.3 Å². The number of aliphatic hydroxyl groups is 1. The number of carbonyl (C=O) groups excluding carboxylic acids is 1. The molecule has 0 aliphatic carbocycles. The van der Waals surface area contributed by atoms with E-state index in [0.717, 1.165) is 12.1 Å². The highest BCUT2D eigenvalue weighted by Gasteiger charge is 2.41. The molecule has 1 saturated heterocycles. The Morgan fingerprint density at radius 3 is 2.45 bits per heavy atom. The van der Waals surface area contributed by atoms with E-state index in [2.05, 4.69) is 20.6 Å². The topological polar surface area (TPSA) is 116 Å². The molecule has 0 spiro atoms. The van der Waals surface area contributed by atoms with Gasteiger partial charge in [0, 0.05) is 19.7 Å². The van der Waals surface area contributed by atoms with Crippen LogP contribution in [-0.4, -0.2) is 53.3 Å². The SMILES string of the molecule is CNC1(C(=O)N[C@@H](CCO)c2ccc(C(F)(F)F)cc2)CCN(c2ncnc(N)c2Cl)CC1. The average molecular weight is 487 g/mol. The summed E-state index contributed by atoms with van der Waals surface area (Å²) in [5, 5.41) is 15.7. The average Bonchev–Trinajstić information content (AvgIpc) is 2.80. The molecule has 8 nitrogen and oxygen atoms in total. The Morgan fingerprint density at radius 2 is 1.91 bits per heavy atom. The number of benzene rings is 1. The zero-order chi connectivity index (χ0) is 24.2. The lowest BCUT2D eigenvalue weighted by Crippen LogP contribution is -2.61. The fourth-order valence-corrected chi connectivity index (χ4v) is 4.15. The molecule has 2 aromatic rings. The maximum atomic E-state index is 13.3. The second kappa shape index (κ2) is 10.1. The molecule has 33 heavy (non-hydrogen) atoms. The molecule has 1 aliphatic rings. The first-order valence-corrected chi connectivity index (χ1v) is 10.8. The summed E-state index contributed by atoms with van der Waals surface area (Å²) in [5.41, 5.74) is 4.57. The highest BCUT2D eigenvalue weighted by molar-refractivity contribution is 6.35. The molecule has 1 amide bonds. The molecule has 0 saturated carbocycles. The van der Waals surface area contributed by atoms with Crippen molar-refractivity contribution < 1.29 is 23.1 Å². The van der Waals surface area contributed by atoms with Crippen LogP contribution in [0.25, 0.3) is 0 Å². The Morgan fingerprint density at radius 1 is 1.27 bits per heavy atom. The van der Waals surface area contributed by atoms with Gasteiger partial charge in [-0.15, -0.1) is 0 Å². The number of alkyl halides is 3. The van der Waals surface area contributed by atoms with E-state index in [9.17, 15) is 23.1 Å². The summed E-state index contributed by atoms with van der Waals surface area (Å²) >= 11 is 6.22. The van der Waals surface area contributed by atoms with E-state index in [-0.39, 0.29) is 29.8 Å². The second-order valence-electron chi connectivity index (χ2n) is 7.87. The summed E-state index contributed by atoms with van der Waals surface area (Å²) in [5.74, 6) is 0.377. The van der Waals surface area contributed by atoms with Crippen molar-refractivity contribution >= 4 is 29.1 Å². The number of nitrogens with zero attached hydrogens (tertiary/aromatic N) is 3. The highest BCUT2D eigenvalue weighted by atomic mass is 35.5. The van der Waals surface area contributed by atoms with Crippen LogP contribution in [0, 0.1) is 0 Å². The number of nitrogens with one attached hydrogen (secondary N) is 2. The van der Waals surface area contributed by atoms with Gasteiger partial charge >= 0.3 is 6.18 Å². The molecule has 1 aromatic heterocycles. The number of nitrogens with two attached hydrogens (primary N) is 1. The van der Waals surface area contributed by atoms with Crippen LogP contribution in [0.2, 0.25) is 5.02 Å². The third kappa shape index (κ3) is 5.48. The van der Waals surface area contributed by atoms with Crippen molar-refractivity contribution in [2.75, 3.05) is 37.4 Å². The monoisotopic (exact) mass is 486 g/mol. The predicted molar refractivity (Wildman–Crippen MR) is 119 cm³/mol. The molecule has 0 radical (unpaired) electrons. The van der Waals surface area contributed by atoms with Gasteiger partial charge in [0.15, 0.2) is 5.82 Å². The Balaban J connectivity index is 1.73. The van der Waals surface area contributed by atoms with E-state index in [1.165, 1.54) is 18.5 Å². The van der Waals surface area contributed by atoms with Crippen LogP contribution in [0.5, 0.6) is 0 Å². The summed E-state index contributed by atoms with van der Waals surface area (Å²) in [6.45, 7) is 0.699. The number of rotatable bonds is 7. The standard InChI is InChI=1S/C21H26ClF3N6O2/c1-27-20(7-9-31(10-8-20)18-16(22)17(26)28-12-29-18)19(33)30-15(6-11-32)13-2-4-14(5-3-13)21(23,24)25/h2-5,12,15,27,32H,6-11H2,1H3,(H,30,33)(H2,26,28,29)/t15-/m0/s1. The minimum absolute atomic E-state index is 0.166. The number of halogens is 4. The van der Waals surface area contributed by atoms with Crippen LogP contribution in [0.4, 0.5) is 24.8 Å². The lowest BCUT2D eigenvalue weighted by Gasteiger charge is -2.41. The van der Waals surface area contributed by atoms with Crippen molar-refractivity contribution in [2.45, 2.75) is 37.0 Å². The minimum Gasteiger partial charge on any atom is -0.396 e. The third-order valence-corrected chi connectivity index (χ3v) is 6.35. The van der Waals surface area contributed by atoms with E-state index in [1.54, 1.807) is 7.05 Å². The number of nitrogen functional groups attached to an aromatic ring is 1. The van der Waals surface area contributed by atoms with Crippen molar-refractivity contribution in [3.63, 3.8) is 0 Å². The van der Waals surface area contributed by atoms with Crippen molar-refractivity contribution in [3.8, 4) is 0 Å². The van der Waals surface area contributed by atoms with Crippen LogP contribution in [0.15, 0.2) is 30.6 Å². The molecular formula is C21H26ClF3N6O2. The number of aliphatic hydroxyl groups excluding tert-OH is 1. The summed E-state index contributed by atoms with van der Waals surface area (Å²) in [6.07, 6.45) is -2.11. The molecule has 0 bridgehead atoms. The normalized spacial score (nSPS) is 17.0. The molecule has 12 heteroatoms.